The van der Waals surface area contributed by atoms with Crippen molar-refractivity contribution in [3.8, 4) is 0 Å². The number of hydrogen-bond donors (Lipinski definition) is 0. The van der Waals surface area contributed by atoms with Gasteiger partial charge in [0.1, 0.15) is 12.4 Å². The number of ether oxygens (including phenoxy) is 1. The molecule has 162 valence electrons. The van der Waals surface area contributed by atoms with Crippen molar-refractivity contribution in [3.63, 3.8) is 0 Å². The molecule has 8 heteroatoms. The fourth-order valence-electron chi connectivity index (χ4n) is 3.49. The van der Waals surface area contributed by atoms with Gasteiger partial charge < -0.3 is 4.74 Å². The minimum atomic E-state index is -0.761. The van der Waals surface area contributed by atoms with Crippen LogP contribution >= 0.6 is 22.9 Å². The smallest absolute Gasteiger partial charge is 0.338 e. The van der Waals surface area contributed by atoms with E-state index in [1.165, 1.54) is 22.8 Å². The molecule has 32 heavy (non-hydrogen) atoms. The van der Waals surface area contributed by atoms with Crippen molar-refractivity contribution in [2.75, 3.05) is 6.61 Å². The first-order valence-corrected chi connectivity index (χ1v) is 10.9. The number of carbonyl (C=O) groups is 1. The third-order valence-electron chi connectivity index (χ3n) is 4.95. The molecule has 0 radical (unpaired) electrons. The molecule has 2 heterocycles. The fourth-order valence-corrected chi connectivity index (χ4v) is 4.65. The standard InChI is InChI=1S/C24H18ClFN2O3S/c1-3-12-31-23(30)20-14(2)27-24-28(21(20)15-8-10-17(25)11-9-15)22(29)19(32-24)13-16-6-4-5-7-18(16)26/h3-11,13,21H,1,12H2,2H3. The number of esters is 1. The van der Waals surface area contributed by atoms with Gasteiger partial charge in [0.25, 0.3) is 5.56 Å². The highest BCUT2D eigenvalue weighted by molar-refractivity contribution is 7.07. The van der Waals surface area contributed by atoms with Crippen LogP contribution < -0.4 is 14.9 Å². The van der Waals surface area contributed by atoms with E-state index in [1.54, 1.807) is 49.4 Å². The Morgan fingerprint density at radius 2 is 2.00 bits per heavy atom. The van der Waals surface area contributed by atoms with E-state index >= 15 is 0 Å². The van der Waals surface area contributed by atoms with Gasteiger partial charge in [0.2, 0.25) is 0 Å². The Morgan fingerprint density at radius 1 is 1.28 bits per heavy atom. The molecule has 1 aromatic heterocycles. The molecule has 4 rings (SSSR count). The predicted octanol–water partition coefficient (Wildman–Crippen LogP) is 3.76. The highest BCUT2D eigenvalue weighted by Gasteiger charge is 2.33. The first kappa shape index (κ1) is 21.9. The zero-order valence-corrected chi connectivity index (χ0v) is 18.6. The summed E-state index contributed by atoms with van der Waals surface area (Å²) in [5, 5.41) is 0.525. The summed E-state index contributed by atoms with van der Waals surface area (Å²) in [6.07, 6.45) is 2.96. The van der Waals surface area contributed by atoms with Crippen molar-refractivity contribution >= 4 is 35.0 Å². The maximum atomic E-state index is 14.2. The highest BCUT2D eigenvalue weighted by Crippen LogP contribution is 2.31. The van der Waals surface area contributed by atoms with Crippen molar-refractivity contribution in [2.45, 2.75) is 13.0 Å². The summed E-state index contributed by atoms with van der Waals surface area (Å²) in [5.41, 5.74) is 1.28. The topological polar surface area (TPSA) is 60.7 Å². The molecular weight excluding hydrogens is 451 g/mol. The van der Waals surface area contributed by atoms with E-state index in [2.05, 4.69) is 11.6 Å². The average Bonchev–Trinajstić information content (AvgIpc) is 3.08. The molecule has 0 N–H and O–H groups in total. The summed E-state index contributed by atoms with van der Waals surface area (Å²) in [7, 11) is 0. The third kappa shape index (κ3) is 4.09. The lowest BCUT2D eigenvalue weighted by Crippen LogP contribution is -2.39. The average molecular weight is 469 g/mol. The molecule has 5 nitrogen and oxygen atoms in total. The Morgan fingerprint density at radius 3 is 2.69 bits per heavy atom. The number of fused-ring (bicyclic) bond motifs is 1. The van der Waals surface area contributed by atoms with Crippen LogP contribution in [0, 0.1) is 5.82 Å². The minimum absolute atomic E-state index is 0.0284. The number of thiazole rings is 1. The second-order valence-corrected chi connectivity index (χ2v) is 8.49. The second-order valence-electron chi connectivity index (χ2n) is 7.04. The Kier molecular flexibility index (Phi) is 6.21. The molecule has 1 aliphatic rings. The molecule has 0 spiro atoms. The van der Waals surface area contributed by atoms with Crippen LogP contribution in [0.2, 0.25) is 5.02 Å². The van der Waals surface area contributed by atoms with Gasteiger partial charge >= 0.3 is 5.97 Å². The Balaban J connectivity index is 1.95. The number of carbonyl (C=O) groups excluding carboxylic acids is 1. The van der Waals surface area contributed by atoms with Gasteiger partial charge in [-0.05, 0) is 36.8 Å². The van der Waals surface area contributed by atoms with Crippen LogP contribution in [0.1, 0.15) is 24.1 Å². The maximum Gasteiger partial charge on any atom is 0.338 e. The van der Waals surface area contributed by atoms with Crippen molar-refractivity contribution < 1.29 is 13.9 Å². The van der Waals surface area contributed by atoms with Gasteiger partial charge in [0.15, 0.2) is 4.80 Å². The van der Waals surface area contributed by atoms with Gasteiger partial charge in [-0.3, -0.25) is 9.36 Å². The van der Waals surface area contributed by atoms with Crippen LogP contribution in [0.15, 0.2) is 82.2 Å². The van der Waals surface area contributed by atoms with Crippen molar-refractivity contribution in [3.05, 3.63) is 114 Å². The van der Waals surface area contributed by atoms with Gasteiger partial charge in [-0.25, -0.2) is 14.2 Å². The summed E-state index contributed by atoms with van der Waals surface area (Å²) in [6, 6.07) is 12.3. The SMILES string of the molecule is C=CCOC(=O)C1=C(C)N=c2sc(=Cc3ccccc3F)c(=O)n2C1c1ccc(Cl)cc1. The molecule has 0 aliphatic carbocycles. The number of benzene rings is 2. The van der Waals surface area contributed by atoms with E-state index in [-0.39, 0.29) is 17.7 Å². The van der Waals surface area contributed by atoms with E-state index in [0.717, 1.165) is 11.3 Å². The van der Waals surface area contributed by atoms with Crippen LogP contribution in [-0.2, 0) is 9.53 Å². The summed E-state index contributed by atoms with van der Waals surface area (Å²) >= 11 is 7.18. The zero-order chi connectivity index (χ0) is 22.8. The molecule has 0 bridgehead atoms. The third-order valence-corrected chi connectivity index (χ3v) is 6.19. The molecular formula is C24H18ClFN2O3S. The monoisotopic (exact) mass is 468 g/mol. The van der Waals surface area contributed by atoms with Crippen LogP contribution in [0.25, 0.3) is 6.08 Å². The number of aromatic nitrogens is 1. The van der Waals surface area contributed by atoms with E-state index in [1.807, 2.05) is 0 Å². The van der Waals surface area contributed by atoms with Gasteiger partial charge in [0.05, 0.1) is 21.8 Å². The van der Waals surface area contributed by atoms with Gasteiger partial charge in [-0.15, -0.1) is 0 Å². The molecule has 0 saturated carbocycles. The molecule has 3 aromatic rings. The van der Waals surface area contributed by atoms with E-state index in [4.69, 9.17) is 16.3 Å². The second kappa shape index (κ2) is 9.06. The first-order chi connectivity index (χ1) is 15.4. The quantitative estimate of drug-likeness (QED) is 0.423. The van der Waals surface area contributed by atoms with Crippen molar-refractivity contribution in [1.82, 2.24) is 4.57 Å². The number of nitrogens with zero attached hydrogens (tertiary/aromatic N) is 2. The van der Waals surface area contributed by atoms with Crippen LogP contribution in [0.3, 0.4) is 0 Å². The van der Waals surface area contributed by atoms with Crippen LogP contribution in [-0.4, -0.2) is 17.1 Å². The van der Waals surface area contributed by atoms with E-state index in [9.17, 15) is 14.0 Å². The fraction of sp³-hybridized carbons (Fsp3) is 0.125. The predicted molar refractivity (Wildman–Crippen MR) is 123 cm³/mol. The molecule has 0 fully saturated rings. The zero-order valence-electron chi connectivity index (χ0n) is 17.0. The molecule has 1 aliphatic heterocycles. The largest absolute Gasteiger partial charge is 0.458 e. The van der Waals surface area contributed by atoms with E-state index < -0.39 is 17.8 Å². The lowest BCUT2D eigenvalue weighted by Gasteiger charge is -2.24. The van der Waals surface area contributed by atoms with Gasteiger partial charge in [-0.1, -0.05) is 65.9 Å². The van der Waals surface area contributed by atoms with E-state index in [0.29, 0.717) is 31.2 Å². The lowest BCUT2D eigenvalue weighted by atomic mass is 9.96. The van der Waals surface area contributed by atoms with Crippen molar-refractivity contribution in [1.29, 1.82) is 0 Å². The number of halogens is 2. The summed E-state index contributed by atoms with van der Waals surface area (Å²) < 4.78 is 21.2. The number of rotatable bonds is 5. The summed E-state index contributed by atoms with van der Waals surface area (Å²) in [5.74, 6) is -1.02. The van der Waals surface area contributed by atoms with Crippen LogP contribution in [0.5, 0.6) is 0 Å². The molecule has 2 aromatic carbocycles. The maximum absolute atomic E-state index is 14.2. The lowest BCUT2D eigenvalue weighted by molar-refractivity contribution is -0.138. The summed E-state index contributed by atoms with van der Waals surface area (Å²) in [6.45, 7) is 5.29. The number of hydrogen-bond acceptors (Lipinski definition) is 5. The molecule has 0 amide bonds. The normalized spacial score (nSPS) is 15.8. The molecule has 0 saturated heterocycles. The molecule has 1 unspecified atom stereocenters. The Bertz CT molecular complexity index is 1420. The first-order valence-electron chi connectivity index (χ1n) is 9.71. The van der Waals surface area contributed by atoms with Gasteiger partial charge in [0, 0.05) is 10.6 Å². The number of allylic oxidation sites excluding steroid dienone is 1. The van der Waals surface area contributed by atoms with Crippen LogP contribution in [0.4, 0.5) is 4.39 Å². The Hall–Kier alpha value is -3.29. The minimum Gasteiger partial charge on any atom is -0.458 e. The van der Waals surface area contributed by atoms with Gasteiger partial charge in [-0.2, -0.15) is 0 Å². The highest BCUT2D eigenvalue weighted by atomic mass is 35.5. The molecule has 1 atom stereocenters. The van der Waals surface area contributed by atoms with Crippen molar-refractivity contribution in [2.24, 2.45) is 4.99 Å². The summed E-state index contributed by atoms with van der Waals surface area (Å²) in [4.78, 5) is 31.2. The Labute approximate surface area is 192 Å².